The highest BCUT2D eigenvalue weighted by Gasteiger charge is 2.34. The number of aromatic nitrogens is 3. The smallest absolute Gasteiger partial charge is 0.433 e. The predicted octanol–water partition coefficient (Wildman–Crippen LogP) is 5.54. The summed E-state index contributed by atoms with van der Waals surface area (Å²) in [4.78, 5) is 29.3. The summed E-state index contributed by atoms with van der Waals surface area (Å²) in [5.41, 5.74) is -1.20. The fourth-order valence-electron chi connectivity index (χ4n) is 4.61. The first-order valence-corrected chi connectivity index (χ1v) is 13.4. The molecule has 0 spiro atoms. The van der Waals surface area contributed by atoms with Crippen molar-refractivity contribution in [2.45, 2.75) is 82.9 Å². The second-order valence-electron chi connectivity index (χ2n) is 10.8. The molecule has 216 valence electrons. The number of fused-ring (bicyclic) bond motifs is 1. The number of nitrogens with zero attached hydrogens (tertiary/aromatic N) is 3. The van der Waals surface area contributed by atoms with Crippen LogP contribution in [0.15, 0.2) is 42.7 Å². The van der Waals surface area contributed by atoms with Crippen molar-refractivity contribution < 1.29 is 27.5 Å². The first kappa shape index (κ1) is 29.4. The van der Waals surface area contributed by atoms with Crippen LogP contribution in [0.5, 0.6) is 0 Å². The standard InChI is InChI=1S/C27H32ClF3N6O3/c1-26(2,3)40-25(39)36-22(15-37-12-4-11-32-37)24(38)34-18-8-6-17(7-9-18)33-21-14-23(27(29,30)31)35-20-10-5-16(28)13-19(20)21/h4-5,10-14,17-18,22H,6-9,15H2,1-3H3,(H,33,35)(H,34,38)(H,36,39)/t17-,18+,22-/m0/s1. The van der Waals surface area contributed by atoms with Crippen LogP contribution in [0, 0.1) is 0 Å². The average Bonchev–Trinajstić information content (AvgIpc) is 3.36. The number of alkyl carbamates (subject to hydrolysis) is 1. The highest BCUT2D eigenvalue weighted by Crippen LogP contribution is 2.35. The van der Waals surface area contributed by atoms with Crippen molar-refractivity contribution in [1.82, 2.24) is 25.4 Å². The molecule has 1 fully saturated rings. The predicted molar refractivity (Wildman–Crippen MR) is 145 cm³/mol. The molecular weight excluding hydrogens is 549 g/mol. The van der Waals surface area contributed by atoms with Crippen LogP contribution in [0.2, 0.25) is 5.02 Å². The minimum Gasteiger partial charge on any atom is -0.444 e. The van der Waals surface area contributed by atoms with E-state index >= 15 is 0 Å². The van der Waals surface area contributed by atoms with E-state index in [1.54, 1.807) is 50.0 Å². The second kappa shape index (κ2) is 11.9. The molecule has 1 aromatic carbocycles. The van der Waals surface area contributed by atoms with Crippen LogP contribution in [0.25, 0.3) is 10.9 Å². The van der Waals surface area contributed by atoms with E-state index in [9.17, 15) is 22.8 Å². The van der Waals surface area contributed by atoms with Crippen LogP contribution in [-0.2, 0) is 22.3 Å². The molecule has 1 aliphatic rings. The Bertz CT molecular complexity index is 1340. The molecule has 1 atom stereocenters. The molecule has 1 aliphatic carbocycles. The number of alkyl halides is 3. The lowest BCUT2D eigenvalue weighted by molar-refractivity contribution is -0.140. The van der Waals surface area contributed by atoms with Gasteiger partial charge in [-0.05, 0) is 76.8 Å². The number of hydrogen-bond acceptors (Lipinski definition) is 6. The highest BCUT2D eigenvalue weighted by atomic mass is 35.5. The number of carbonyl (C=O) groups excluding carboxylic acids is 2. The van der Waals surface area contributed by atoms with Crippen LogP contribution in [-0.4, -0.2) is 50.5 Å². The maximum absolute atomic E-state index is 13.5. The minimum atomic E-state index is -4.59. The number of benzene rings is 1. The normalized spacial score (nSPS) is 18.7. The molecule has 2 aromatic heterocycles. The average molecular weight is 581 g/mol. The number of hydrogen-bond donors (Lipinski definition) is 3. The van der Waals surface area contributed by atoms with E-state index < -0.39 is 29.6 Å². The summed E-state index contributed by atoms with van der Waals surface area (Å²) in [7, 11) is 0. The van der Waals surface area contributed by atoms with E-state index in [0.717, 1.165) is 6.07 Å². The largest absolute Gasteiger partial charge is 0.444 e. The number of pyridine rings is 1. The van der Waals surface area contributed by atoms with Crippen molar-refractivity contribution in [2.24, 2.45) is 0 Å². The van der Waals surface area contributed by atoms with Crippen molar-refractivity contribution in [2.75, 3.05) is 5.32 Å². The van der Waals surface area contributed by atoms with E-state index in [-0.39, 0.29) is 30.1 Å². The van der Waals surface area contributed by atoms with E-state index in [2.05, 4.69) is 26.0 Å². The van der Waals surface area contributed by atoms with Crippen molar-refractivity contribution >= 4 is 40.2 Å². The first-order chi connectivity index (χ1) is 18.8. The molecule has 0 aliphatic heterocycles. The summed E-state index contributed by atoms with van der Waals surface area (Å²) in [6.45, 7) is 5.31. The zero-order valence-corrected chi connectivity index (χ0v) is 23.1. The summed E-state index contributed by atoms with van der Waals surface area (Å²) >= 11 is 6.11. The Morgan fingerprint density at radius 2 is 1.82 bits per heavy atom. The van der Waals surface area contributed by atoms with Gasteiger partial charge in [-0.1, -0.05) is 11.6 Å². The fraction of sp³-hybridized carbons (Fsp3) is 0.481. The van der Waals surface area contributed by atoms with Crippen LogP contribution < -0.4 is 16.0 Å². The third kappa shape index (κ3) is 8.00. The third-order valence-electron chi connectivity index (χ3n) is 6.43. The second-order valence-corrected chi connectivity index (χ2v) is 11.3. The summed E-state index contributed by atoms with van der Waals surface area (Å²) in [6, 6.07) is 6.10. The lowest BCUT2D eigenvalue weighted by Crippen LogP contribution is -2.53. The van der Waals surface area contributed by atoms with E-state index in [0.29, 0.717) is 41.8 Å². The number of ether oxygens (including phenoxy) is 1. The molecule has 1 saturated carbocycles. The Kier molecular flexibility index (Phi) is 8.77. The molecule has 4 rings (SSSR count). The van der Waals surface area contributed by atoms with Gasteiger partial charge in [-0.2, -0.15) is 18.3 Å². The molecule has 0 radical (unpaired) electrons. The number of halogens is 4. The Morgan fingerprint density at radius 1 is 1.12 bits per heavy atom. The summed E-state index contributed by atoms with van der Waals surface area (Å²) in [5, 5.41) is 13.9. The van der Waals surface area contributed by atoms with Crippen LogP contribution >= 0.6 is 11.6 Å². The number of amides is 2. The number of anilines is 1. The van der Waals surface area contributed by atoms with Gasteiger partial charge >= 0.3 is 12.3 Å². The molecular formula is C27H32ClF3N6O3. The zero-order chi connectivity index (χ0) is 29.1. The van der Waals surface area contributed by atoms with Gasteiger partial charge in [0.1, 0.15) is 17.3 Å². The quantitative estimate of drug-likeness (QED) is 0.339. The van der Waals surface area contributed by atoms with Gasteiger partial charge in [0.2, 0.25) is 5.91 Å². The van der Waals surface area contributed by atoms with Crippen LogP contribution in [0.3, 0.4) is 0 Å². The number of rotatable bonds is 7. The van der Waals surface area contributed by atoms with Gasteiger partial charge in [0.15, 0.2) is 0 Å². The first-order valence-electron chi connectivity index (χ1n) is 13.0. The Balaban J connectivity index is 1.39. The molecule has 9 nitrogen and oxygen atoms in total. The maximum atomic E-state index is 13.5. The molecule has 3 N–H and O–H groups in total. The zero-order valence-electron chi connectivity index (χ0n) is 22.4. The van der Waals surface area contributed by atoms with Crippen LogP contribution in [0.1, 0.15) is 52.1 Å². The van der Waals surface area contributed by atoms with E-state index in [1.807, 2.05) is 0 Å². The Hall–Kier alpha value is -3.54. The molecule has 13 heteroatoms. The van der Waals surface area contributed by atoms with Crippen molar-refractivity contribution in [3.8, 4) is 0 Å². The molecule has 40 heavy (non-hydrogen) atoms. The lowest BCUT2D eigenvalue weighted by Gasteiger charge is -2.32. The van der Waals surface area contributed by atoms with Gasteiger partial charge in [0.05, 0.1) is 12.1 Å². The number of nitrogens with one attached hydrogen (secondary N) is 3. The van der Waals surface area contributed by atoms with Crippen molar-refractivity contribution in [3.63, 3.8) is 0 Å². The Labute approximate surface area is 234 Å². The fourth-order valence-corrected chi connectivity index (χ4v) is 4.78. The topological polar surface area (TPSA) is 110 Å². The summed E-state index contributed by atoms with van der Waals surface area (Å²) < 4.78 is 47.3. The van der Waals surface area contributed by atoms with Gasteiger partial charge in [0.25, 0.3) is 0 Å². The Morgan fingerprint density at radius 3 is 2.45 bits per heavy atom. The van der Waals surface area contributed by atoms with E-state index in [4.69, 9.17) is 16.3 Å². The SMILES string of the molecule is CC(C)(C)OC(=O)N[C@@H](Cn1cccn1)C(=O)N[C@H]1CC[C@@H](Nc2cc(C(F)(F)F)nc3ccc(Cl)cc23)CC1. The molecule has 0 saturated heterocycles. The van der Waals surface area contributed by atoms with Gasteiger partial charge in [0, 0.05) is 40.6 Å². The molecule has 2 heterocycles. The van der Waals surface area contributed by atoms with Crippen LogP contribution in [0.4, 0.5) is 23.7 Å². The molecule has 0 bridgehead atoms. The summed E-state index contributed by atoms with van der Waals surface area (Å²) in [6.07, 6.45) is 0.380. The molecule has 0 unspecified atom stereocenters. The monoisotopic (exact) mass is 580 g/mol. The van der Waals surface area contributed by atoms with Gasteiger partial charge in [-0.25, -0.2) is 9.78 Å². The van der Waals surface area contributed by atoms with Gasteiger partial charge in [-0.15, -0.1) is 0 Å². The van der Waals surface area contributed by atoms with E-state index in [1.165, 1.54) is 12.1 Å². The van der Waals surface area contributed by atoms with Crippen molar-refractivity contribution in [1.29, 1.82) is 0 Å². The lowest BCUT2D eigenvalue weighted by atomic mass is 9.90. The van der Waals surface area contributed by atoms with Crippen molar-refractivity contribution in [3.05, 3.63) is 53.4 Å². The third-order valence-corrected chi connectivity index (χ3v) is 6.67. The molecule has 2 amide bonds. The highest BCUT2D eigenvalue weighted by molar-refractivity contribution is 6.31. The number of carbonyl (C=O) groups is 2. The summed E-state index contributed by atoms with van der Waals surface area (Å²) in [5.74, 6) is -0.373. The molecule has 3 aromatic rings. The maximum Gasteiger partial charge on any atom is 0.433 e. The van der Waals surface area contributed by atoms with Gasteiger partial charge in [-0.3, -0.25) is 9.48 Å². The van der Waals surface area contributed by atoms with Gasteiger partial charge < -0.3 is 20.7 Å². The minimum absolute atomic E-state index is 0.112.